The summed E-state index contributed by atoms with van der Waals surface area (Å²) in [5.41, 5.74) is -0.861. The molecule has 0 aliphatic rings. The van der Waals surface area contributed by atoms with Crippen molar-refractivity contribution in [3.05, 3.63) is 36.2 Å². The number of imidazole rings is 1. The van der Waals surface area contributed by atoms with Crippen molar-refractivity contribution in [1.82, 2.24) is 19.3 Å². The molecule has 0 aliphatic carbocycles. The average molecular weight is 244 g/mol. The molecule has 0 spiro atoms. The third-order valence-electron chi connectivity index (χ3n) is 2.42. The van der Waals surface area contributed by atoms with Gasteiger partial charge in [-0.05, 0) is 13.0 Å². The molecule has 0 aromatic carbocycles. The Morgan fingerprint density at radius 3 is 2.53 bits per heavy atom. The molecule has 0 N–H and O–H groups in total. The monoisotopic (exact) mass is 244 g/mol. The highest BCUT2D eigenvalue weighted by molar-refractivity contribution is 5.03. The molecule has 0 saturated carbocycles. The lowest BCUT2D eigenvalue weighted by Crippen LogP contribution is -2.11. The highest BCUT2D eigenvalue weighted by Crippen LogP contribution is 2.27. The quantitative estimate of drug-likeness (QED) is 0.828. The zero-order valence-electron chi connectivity index (χ0n) is 9.15. The van der Waals surface area contributed by atoms with Crippen LogP contribution in [0.5, 0.6) is 0 Å². The molecule has 17 heavy (non-hydrogen) atoms. The number of alkyl halides is 3. The summed E-state index contributed by atoms with van der Waals surface area (Å²) in [5.74, 6) is 0.827. The standard InChI is InChI=1S/C10H11F3N4/c1-8-14-3-5-16(8)6-7-17-4-2-9(15-17)10(11,12)13/h2-5H,6-7H2,1H3. The van der Waals surface area contributed by atoms with E-state index in [0.717, 1.165) is 11.9 Å². The first-order valence-electron chi connectivity index (χ1n) is 5.05. The summed E-state index contributed by atoms with van der Waals surface area (Å²) in [5, 5.41) is 3.47. The van der Waals surface area contributed by atoms with Crippen LogP contribution in [0.25, 0.3) is 0 Å². The van der Waals surface area contributed by atoms with Crippen LogP contribution in [0.2, 0.25) is 0 Å². The van der Waals surface area contributed by atoms with Crippen molar-refractivity contribution >= 4 is 0 Å². The van der Waals surface area contributed by atoms with E-state index in [1.54, 1.807) is 12.4 Å². The molecule has 0 atom stereocenters. The van der Waals surface area contributed by atoms with E-state index in [4.69, 9.17) is 0 Å². The molecule has 0 saturated heterocycles. The van der Waals surface area contributed by atoms with E-state index in [2.05, 4.69) is 10.1 Å². The molecule has 0 aliphatic heterocycles. The molecule has 92 valence electrons. The Bertz CT molecular complexity index is 498. The summed E-state index contributed by atoms with van der Waals surface area (Å²) in [7, 11) is 0. The molecule has 4 nitrogen and oxygen atoms in total. The van der Waals surface area contributed by atoms with E-state index in [-0.39, 0.29) is 0 Å². The predicted molar refractivity (Wildman–Crippen MR) is 54.2 cm³/mol. The van der Waals surface area contributed by atoms with Gasteiger partial charge in [-0.3, -0.25) is 4.68 Å². The van der Waals surface area contributed by atoms with Gasteiger partial charge < -0.3 is 4.57 Å². The first kappa shape index (κ1) is 11.7. The molecule has 0 amide bonds. The van der Waals surface area contributed by atoms with Gasteiger partial charge in [0.1, 0.15) is 5.82 Å². The maximum Gasteiger partial charge on any atom is 0.435 e. The Hall–Kier alpha value is -1.79. The lowest BCUT2D eigenvalue weighted by atomic mass is 10.4. The van der Waals surface area contributed by atoms with Gasteiger partial charge in [0, 0.05) is 25.1 Å². The van der Waals surface area contributed by atoms with Gasteiger partial charge in [-0.15, -0.1) is 0 Å². The number of halogens is 3. The minimum atomic E-state index is -4.38. The van der Waals surface area contributed by atoms with Crippen molar-refractivity contribution in [2.75, 3.05) is 0 Å². The molecule has 7 heteroatoms. The van der Waals surface area contributed by atoms with Crippen LogP contribution in [0, 0.1) is 6.92 Å². The Morgan fingerprint density at radius 1 is 1.24 bits per heavy atom. The number of aryl methyl sites for hydroxylation is 3. The maximum atomic E-state index is 12.3. The lowest BCUT2D eigenvalue weighted by Gasteiger charge is -2.05. The summed E-state index contributed by atoms with van der Waals surface area (Å²) in [6.07, 6.45) is 0.383. The first-order chi connectivity index (χ1) is 7.97. The summed E-state index contributed by atoms with van der Waals surface area (Å²) in [6.45, 7) is 2.77. The Kier molecular flexibility index (Phi) is 2.91. The molecule has 0 unspecified atom stereocenters. The van der Waals surface area contributed by atoms with Crippen molar-refractivity contribution in [2.24, 2.45) is 0 Å². The minimum Gasteiger partial charge on any atom is -0.333 e. The fourth-order valence-corrected chi connectivity index (χ4v) is 1.49. The molecular formula is C10H11F3N4. The third-order valence-corrected chi connectivity index (χ3v) is 2.42. The van der Waals surface area contributed by atoms with Crippen LogP contribution in [-0.4, -0.2) is 19.3 Å². The molecule has 0 fully saturated rings. The first-order valence-corrected chi connectivity index (χ1v) is 5.05. The molecule has 2 aromatic heterocycles. The normalized spacial score (nSPS) is 12.0. The summed E-state index contributed by atoms with van der Waals surface area (Å²) < 4.78 is 40.0. The highest BCUT2D eigenvalue weighted by atomic mass is 19.4. The fraction of sp³-hybridized carbons (Fsp3) is 0.400. The molecule has 0 radical (unpaired) electrons. The molecule has 2 aromatic rings. The van der Waals surface area contributed by atoms with E-state index >= 15 is 0 Å². The Balaban J connectivity index is 2.01. The predicted octanol–water partition coefficient (Wildman–Crippen LogP) is 2.11. The second kappa shape index (κ2) is 4.23. The zero-order valence-corrected chi connectivity index (χ0v) is 9.15. The zero-order chi connectivity index (χ0) is 12.5. The third kappa shape index (κ3) is 2.66. The average Bonchev–Trinajstić information content (AvgIpc) is 2.82. The second-order valence-electron chi connectivity index (χ2n) is 3.63. The van der Waals surface area contributed by atoms with Gasteiger partial charge in [-0.2, -0.15) is 18.3 Å². The molecule has 2 heterocycles. The second-order valence-corrected chi connectivity index (χ2v) is 3.63. The molecule has 2 rings (SSSR count). The maximum absolute atomic E-state index is 12.3. The minimum absolute atomic E-state index is 0.382. The van der Waals surface area contributed by atoms with Crippen LogP contribution in [-0.2, 0) is 19.3 Å². The van der Waals surface area contributed by atoms with Crippen LogP contribution in [0.4, 0.5) is 13.2 Å². The smallest absolute Gasteiger partial charge is 0.333 e. The number of rotatable bonds is 3. The summed E-state index contributed by atoms with van der Waals surface area (Å²) in [6, 6.07) is 0.973. The van der Waals surface area contributed by atoms with E-state index in [9.17, 15) is 13.2 Å². The van der Waals surface area contributed by atoms with Gasteiger partial charge in [0.2, 0.25) is 0 Å². The molecular weight excluding hydrogens is 233 g/mol. The van der Waals surface area contributed by atoms with Crippen LogP contribution in [0.3, 0.4) is 0 Å². The van der Waals surface area contributed by atoms with E-state index < -0.39 is 11.9 Å². The highest BCUT2D eigenvalue weighted by Gasteiger charge is 2.33. The topological polar surface area (TPSA) is 35.6 Å². The molecule has 0 bridgehead atoms. The van der Waals surface area contributed by atoms with Crippen molar-refractivity contribution in [1.29, 1.82) is 0 Å². The number of hydrogen-bond donors (Lipinski definition) is 0. The fourth-order valence-electron chi connectivity index (χ4n) is 1.49. The van der Waals surface area contributed by atoms with E-state index in [1.807, 2.05) is 11.5 Å². The largest absolute Gasteiger partial charge is 0.435 e. The Morgan fingerprint density at radius 2 is 2.00 bits per heavy atom. The van der Waals surface area contributed by atoms with Crippen molar-refractivity contribution in [3.8, 4) is 0 Å². The Labute approximate surface area is 95.7 Å². The number of nitrogens with zero attached hydrogens (tertiary/aromatic N) is 4. The van der Waals surface area contributed by atoms with Gasteiger partial charge in [0.05, 0.1) is 6.54 Å². The lowest BCUT2D eigenvalue weighted by molar-refractivity contribution is -0.141. The van der Waals surface area contributed by atoms with Gasteiger partial charge in [0.25, 0.3) is 0 Å². The SMILES string of the molecule is Cc1nccn1CCn1ccc(C(F)(F)F)n1. The van der Waals surface area contributed by atoms with Crippen LogP contribution in [0.1, 0.15) is 11.5 Å². The summed E-state index contributed by atoms with van der Waals surface area (Å²) >= 11 is 0. The van der Waals surface area contributed by atoms with Crippen LogP contribution >= 0.6 is 0 Å². The summed E-state index contributed by atoms with van der Waals surface area (Å²) in [4.78, 5) is 4.03. The van der Waals surface area contributed by atoms with Gasteiger partial charge in [-0.1, -0.05) is 0 Å². The number of aromatic nitrogens is 4. The van der Waals surface area contributed by atoms with Gasteiger partial charge >= 0.3 is 6.18 Å². The van der Waals surface area contributed by atoms with Crippen molar-refractivity contribution in [3.63, 3.8) is 0 Å². The van der Waals surface area contributed by atoms with Crippen molar-refractivity contribution < 1.29 is 13.2 Å². The van der Waals surface area contributed by atoms with Crippen LogP contribution in [0.15, 0.2) is 24.7 Å². The van der Waals surface area contributed by atoms with Gasteiger partial charge in [-0.25, -0.2) is 4.98 Å². The van der Waals surface area contributed by atoms with E-state index in [0.29, 0.717) is 13.1 Å². The number of hydrogen-bond acceptors (Lipinski definition) is 2. The van der Waals surface area contributed by atoms with Gasteiger partial charge in [0.15, 0.2) is 5.69 Å². The van der Waals surface area contributed by atoms with Crippen molar-refractivity contribution in [2.45, 2.75) is 26.2 Å². The van der Waals surface area contributed by atoms with E-state index in [1.165, 1.54) is 10.9 Å². The van der Waals surface area contributed by atoms with Crippen LogP contribution < -0.4 is 0 Å².